The first-order valence-corrected chi connectivity index (χ1v) is 11.4. The van der Waals surface area contributed by atoms with Gasteiger partial charge in [-0.2, -0.15) is 0 Å². The summed E-state index contributed by atoms with van der Waals surface area (Å²) in [6.45, 7) is 9.84. The lowest BCUT2D eigenvalue weighted by Gasteiger charge is -2.36. The van der Waals surface area contributed by atoms with Crippen LogP contribution in [0.3, 0.4) is 0 Å². The summed E-state index contributed by atoms with van der Waals surface area (Å²) in [4.78, 5) is 12.0. The molecule has 3 heterocycles. The van der Waals surface area contributed by atoms with Gasteiger partial charge in [0.1, 0.15) is 12.1 Å². The highest BCUT2D eigenvalue weighted by atomic mass is 15.2. The molecule has 1 unspecified atom stereocenters. The molecule has 5 rings (SSSR count). The molecular weight excluding hydrogens is 358 g/mol. The maximum absolute atomic E-state index is 4.85. The van der Waals surface area contributed by atoms with Crippen LogP contribution in [0.2, 0.25) is 0 Å². The fourth-order valence-electron chi connectivity index (χ4n) is 5.78. The van der Waals surface area contributed by atoms with Crippen LogP contribution in [-0.2, 0) is 18.4 Å². The first-order chi connectivity index (χ1) is 14.2. The topological polar surface area (TPSA) is 53.1 Å². The highest BCUT2D eigenvalue weighted by molar-refractivity contribution is 5.75. The minimum Gasteiger partial charge on any atom is -0.325 e. The molecule has 0 radical (unpaired) electrons. The summed E-state index contributed by atoms with van der Waals surface area (Å²) < 4.78 is 0. The van der Waals surface area contributed by atoms with Crippen LogP contribution in [-0.4, -0.2) is 36.1 Å². The Balaban J connectivity index is 1.61. The van der Waals surface area contributed by atoms with Crippen LogP contribution in [0.5, 0.6) is 0 Å². The van der Waals surface area contributed by atoms with Crippen molar-refractivity contribution in [3.05, 3.63) is 46.9 Å². The van der Waals surface area contributed by atoms with Gasteiger partial charge in [0.05, 0.1) is 0 Å². The number of aromatic nitrogens is 2. The van der Waals surface area contributed by atoms with Crippen LogP contribution in [0.4, 0.5) is 11.5 Å². The first-order valence-electron chi connectivity index (χ1n) is 11.4. The predicted molar refractivity (Wildman–Crippen MR) is 118 cm³/mol. The molecule has 2 aromatic rings. The quantitative estimate of drug-likeness (QED) is 0.760. The van der Waals surface area contributed by atoms with Crippen molar-refractivity contribution in [2.24, 2.45) is 0 Å². The van der Waals surface area contributed by atoms with Crippen LogP contribution < -0.4 is 15.5 Å². The number of hydrogen-bond acceptors (Lipinski definition) is 5. The summed E-state index contributed by atoms with van der Waals surface area (Å²) in [7, 11) is 0. The lowest BCUT2D eigenvalue weighted by Crippen LogP contribution is -2.43. The molecule has 29 heavy (non-hydrogen) atoms. The summed E-state index contributed by atoms with van der Waals surface area (Å²) >= 11 is 0. The van der Waals surface area contributed by atoms with Crippen molar-refractivity contribution in [3.63, 3.8) is 0 Å². The summed E-state index contributed by atoms with van der Waals surface area (Å²) in [5.41, 5.74) is 7.30. The molecule has 1 atom stereocenters. The molecule has 1 saturated heterocycles. The Kier molecular flexibility index (Phi) is 5.04. The molecule has 1 aliphatic carbocycles. The zero-order valence-corrected chi connectivity index (χ0v) is 17.8. The van der Waals surface area contributed by atoms with Crippen LogP contribution in [0.1, 0.15) is 67.8 Å². The first kappa shape index (κ1) is 19.0. The third-order valence-corrected chi connectivity index (χ3v) is 7.22. The molecule has 1 spiro atoms. The summed E-state index contributed by atoms with van der Waals surface area (Å²) in [6, 6.07) is 6.89. The molecule has 3 aliphatic rings. The highest BCUT2D eigenvalue weighted by Crippen LogP contribution is 2.51. The van der Waals surface area contributed by atoms with Gasteiger partial charge in [-0.15, -0.1) is 0 Å². The second-order valence-corrected chi connectivity index (χ2v) is 9.10. The normalized spacial score (nSPS) is 22.1. The Bertz CT molecular complexity index is 887. The number of anilines is 2. The van der Waals surface area contributed by atoms with E-state index in [-0.39, 0.29) is 5.41 Å². The zero-order valence-electron chi connectivity index (χ0n) is 17.8. The Hall–Kier alpha value is -1.98. The molecule has 0 saturated carbocycles. The summed E-state index contributed by atoms with van der Waals surface area (Å²) in [5, 5.41) is 7.23. The smallest absolute Gasteiger partial charge is 0.140 e. The SMILES string of the molecule is CCCNCc1cccc2c1C1(CCNCC1)CN2c1ncnc2c1C(C)CC2. The van der Waals surface area contributed by atoms with E-state index in [9.17, 15) is 0 Å². The molecule has 5 heteroatoms. The number of aryl methyl sites for hydroxylation is 1. The second-order valence-electron chi connectivity index (χ2n) is 9.10. The van der Waals surface area contributed by atoms with Crippen LogP contribution >= 0.6 is 0 Å². The maximum atomic E-state index is 4.85. The maximum Gasteiger partial charge on any atom is 0.140 e. The number of rotatable bonds is 5. The third kappa shape index (κ3) is 3.15. The van der Waals surface area contributed by atoms with Crippen molar-refractivity contribution in [1.82, 2.24) is 20.6 Å². The van der Waals surface area contributed by atoms with Gasteiger partial charge >= 0.3 is 0 Å². The molecular formula is C24H33N5. The van der Waals surface area contributed by atoms with E-state index >= 15 is 0 Å². The van der Waals surface area contributed by atoms with Gasteiger partial charge < -0.3 is 15.5 Å². The number of nitrogens with zero attached hydrogens (tertiary/aromatic N) is 3. The molecule has 0 bridgehead atoms. The predicted octanol–water partition coefficient (Wildman–Crippen LogP) is 3.80. The van der Waals surface area contributed by atoms with Crippen molar-refractivity contribution in [1.29, 1.82) is 0 Å². The summed E-state index contributed by atoms with van der Waals surface area (Å²) in [5.74, 6) is 1.71. The lowest BCUT2D eigenvalue weighted by molar-refractivity contribution is 0.327. The Morgan fingerprint density at radius 1 is 1.24 bits per heavy atom. The molecule has 154 valence electrons. The van der Waals surface area contributed by atoms with E-state index in [0.717, 1.165) is 45.0 Å². The average Bonchev–Trinajstić information content (AvgIpc) is 3.28. The number of hydrogen-bond donors (Lipinski definition) is 2. The molecule has 1 aromatic carbocycles. The molecule has 2 aliphatic heterocycles. The minimum absolute atomic E-state index is 0.227. The van der Waals surface area contributed by atoms with E-state index < -0.39 is 0 Å². The molecule has 0 amide bonds. The standard InChI is InChI=1S/C24H33N5/c1-3-11-26-14-18-5-4-6-20-22(18)24(9-12-25-13-10-24)15-29(20)23-21-17(2)7-8-19(21)27-16-28-23/h4-6,16-17,25-26H,3,7-15H2,1-2H3. The number of piperidine rings is 1. The fraction of sp³-hybridized carbons (Fsp3) is 0.583. The fourth-order valence-corrected chi connectivity index (χ4v) is 5.78. The summed E-state index contributed by atoms with van der Waals surface area (Å²) in [6.07, 6.45) is 7.63. The van der Waals surface area contributed by atoms with Gasteiger partial charge in [0, 0.05) is 35.4 Å². The van der Waals surface area contributed by atoms with Gasteiger partial charge in [0.15, 0.2) is 0 Å². The number of benzene rings is 1. The number of fused-ring (bicyclic) bond motifs is 3. The van der Waals surface area contributed by atoms with Crippen molar-refractivity contribution in [3.8, 4) is 0 Å². The van der Waals surface area contributed by atoms with Crippen LogP contribution in [0.15, 0.2) is 24.5 Å². The third-order valence-electron chi connectivity index (χ3n) is 7.22. The van der Waals surface area contributed by atoms with Crippen molar-refractivity contribution >= 4 is 11.5 Å². The zero-order chi connectivity index (χ0) is 19.8. The van der Waals surface area contributed by atoms with E-state index in [4.69, 9.17) is 4.98 Å². The molecule has 1 aromatic heterocycles. The Labute approximate surface area is 174 Å². The van der Waals surface area contributed by atoms with Gasteiger partial charge in [-0.05, 0) is 74.8 Å². The van der Waals surface area contributed by atoms with Crippen molar-refractivity contribution in [2.75, 3.05) is 31.1 Å². The molecule has 5 nitrogen and oxygen atoms in total. The molecule has 1 fully saturated rings. The van der Waals surface area contributed by atoms with E-state index in [1.54, 1.807) is 11.9 Å². The van der Waals surface area contributed by atoms with Crippen LogP contribution in [0.25, 0.3) is 0 Å². The second kappa shape index (κ2) is 7.69. The monoisotopic (exact) mass is 391 g/mol. The highest BCUT2D eigenvalue weighted by Gasteiger charge is 2.46. The van der Waals surface area contributed by atoms with Gasteiger partial charge in [-0.3, -0.25) is 0 Å². The molecule has 2 N–H and O–H groups in total. The average molecular weight is 392 g/mol. The van der Waals surface area contributed by atoms with Gasteiger partial charge in [0.2, 0.25) is 0 Å². The lowest BCUT2D eigenvalue weighted by atomic mass is 9.73. The van der Waals surface area contributed by atoms with E-state index in [2.05, 4.69) is 52.6 Å². The minimum atomic E-state index is 0.227. The van der Waals surface area contributed by atoms with Gasteiger partial charge in [-0.1, -0.05) is 26.0 Å². The Morgan fingerprint density at radius 2 is 2.10 bits per heavy atom. The van der Waals surface area contributed by atoms with Gasteiger partial charge in [0.25, 0.3) is 0 Å². The van der Waals surface area contributed by atoms with E-state index in [0.29, 0.717) is 5.92 Å². The van der Waals surface area contributed by atoms with Crippen LogP contribution in [0, 0.1) is 0 Å². The van der Waals surface area contributed by atoms with E-state index in [1.165, 1.54) is 48.2 Å². The Morgan fingerprint density at radius 3 is 2.93 bits per heavy atom. The van der Waals surface area contributed by atoms with Crippen molar-refractivity contribution in [2.45, 2.75) is 63.8 Å². The largest absolute Gasteiger partial charge is 0.325 e. The van der Waals surface area contributed by atoms with E-state index in [1.807, 2.05) is 0 Å². The van der Waals surface area contributed by atoms with Gasteiger partial charge in [-0.25, -0.2) is 9.97 Å². The number of nitrogens with one attached hydrogen (secondary N) is 2. The van der Waals surface area contributed by atoms with Crippen molar-refractivity contribution < 1.29 is 0 Å².